The number of benzene rings is 2. The fourth-order valence-electron chi connectivity index (χ4n) is 2.53. The first-order valence-electron chi connectivity index (χ1n) is 8.40. The Morgan fingerprint density at radius 3 is 2.25 bits per heavy atom. The van der Waals surface area contributed by atoms with Crippen molar-refractivity contribution >= 4 is 38.9 Å². The summed E-state index contributed by atoms with van der Waals surface area (Å²) in [6.45, 7) is 3.16. The first-order valence-corrected chi connectivity index (χ1v) is 9.89. The first kappa shape index (κ1) is 19.3. The second-order valence-electron chi connectivity index (χ2n) is 6.06. The van der Waals surface area contributed by atoms with Crippen LogP contribution in [0.2, 0.25) is 0 Å². The minimum Gasteiger partial charge on any atom is -0.339 e. The zero-order valence-corrected chi connectivity index (χ0v) is 16.1. The van der Waals surface area contributed by atoms with Gasteiger partial charge in [-0.25, -0.2) is 8.42 Å². The highest BCUT2D eigenvalue weighted by Gasteiger charge is 2.17. The molecule has 0 saturated carbocycles. The van der Waals surface area contributed by atoms with Crippen LogP contribution in [0.15, 0.2) is 65.6 Å². The number of anilines is 4. The van der Waals surface area contributed by atoms with E-state index in [4.69, 9.17) is 0 Å². The van der Waals surface area contributed by atoms with Crippen LogP contribution in [0.1, 0.15) is 12.5 Å². The molecule has 1 heterocycles. The van der Waals surface area contributed by atoms with Crippen LogP contribution in [0.25, 0.3) is 0 Å². The number of hydrogen-bond donors (Lipinski definition) is 3. The molecule has 1 amide bonds. The largest absolute Gasteiger partial charge is 0.339 e. The Morgan fingerprint density at radius 1 is 0.893 bits per heavy atom. The van der Waals surface area contributed by atoms with Crippen molar-refractivity contribution in [3.8, 4) is 0 Å². The lowest BCUT2D eigenvalue weighted by Gasteiger charge is -2.10. The maximum atomic E-state index is 12.5. The van der Waals surface area contributed by atoms with Crippen LogP contribution in [0.5, 0.6) is 0 Å². The lowest BCUT2D eigenvalue weighted by atomic mass is 10.2. The maximum Gasteiger partial charge on any atom is 0.263 e. The zero-order chi connectivity index (χ0) is 20.1. The number of nitrogens with one attached hydrogen (secondary N) is 3. The molecule has 0 saturated heterocycles. The summed E-state index contributed by atoms with van der Waals surface area (Å²) in [7, 11) is -3.75. The van der Waals surface area contributed by atoms with Crippen LogP contribution in [0, 0.1) is 6.92 Å². The van der Waals surface area contributed by atoms with Crippen LogP contribution >= 0.6 is 0 Å². The molecule has 0 aliphatic rings. The lowest BCUT2D eigenvalue weighted by molar-refractivity contribution is -0.114. The van der Waals surface area contributed by atoms with E-state index in [1.807, 2.05) is 6.07 Å². The van der Waals surface area contributed by atoms with Crippen molar-refractivity contribution < 1.29 is 13.2 Å². The standard InChI is InChI=1S/C19H19N5O3S/c1-13-6-3-4-9-17(13)28(26,27)24-19-11-10-18(22-23-19)21-16-8-5-7-15(12-16)20-14(2)25/h3-12H,1-2H3,(H,20,25)(H,21,22)(H,23,24). The monoisotopic (exact) mass is 397 g/mol. The fourth-order valence-corrected chi connectivity index (χ4v) is 3.77. The predicted octanol–water partition coefficient (Wildman–Crippen LogP) is 3.29. The maximum absolute atomic E-state index is 12.5. The molecule has 0 unspecified atom stereocenters. The van der Waals surface area contributed by atoms with Gasteiger partial charge in [-0.3, -0.25) is 9.52 Å². The van der Waals surface area contributed by atoms with Crippen molar-refractivity contribution in [3.63, 3.8) is 0 Å². The van der Waals surface area contributed by atoms with Crippen molar-refractivity contribution in [1.29, 1.82) is 0 Å². The number of sulfonamides is 1. The van der Waals surface area contributed by atoms with Crippen molar-refractivity contribution in [2.45, 2.75) is 18.7 Å². The predicted molar refractivity (Wildman–Crippen MR) is 108 cm³/mol. The summed E-state index contributed by atoms with van der Waals surface area (Å²) < 4.78 is 27.4. The van der Waals surface area contributed by atoms with E-state index < -0.39 is 10.0 Å². The SMILES string of the molecule is CC(=O)Nc1cccc(Nc2ccc(NS(=O)(=O)c3ccccc3C)nn2)c1. The van der Waals surface area contributed by atoms with E-state index in [0.717, 1.165) is 0 Å². The molecule has 9 heteroatoms. The van der Waals surface area contributed by atoms with E-state index >= 15 is 0 Å². The normalized spacial score (nSPS) is 10.9. The van der Waals surface area contributed by atoms with Gasteiger partial charge in [0.05, 0.1) is 4.90 Å². The highest BCUT2D eigenvalue weighted by Crippen LogP contribution is 2.21. The van der Waals surface area contributed by atoms with E-state index in [9.17, 15) is 13.2 Å². The molecular weight excluding hydrogens is 378 g/mol. The van der Waals surface area contributed by atoms with E-state index in [1.165, 1.54) is 19.1 Å². The third-order valence-electron chi connectivity index (χ3n) is 3.74. The van der Waals surface area contributed by atoms with Crippen LogP contribution in [0.3, 0.4) is 0 Å². The van der Waals surface area contributed by atoms with Gasteiger partial charge < -0.3 is 10.6 Å². The van der Waals surface area contributed by atoms with Gasteiger partial charge in [0, 0.05) is 18.3 Å². The van der Waals surface area contributed by atoms with Gasteiger partial charge in [0.1, 0.15) is 0 Å². The molecule has 0 radical (unpaired) electrons. The molecule has 0 fully saturated rings. The fraction of sp³-hybridized carbons (Fsp3) is 0.105. The Hall–Kier alpha value is -3.46. The Labute approximate surface area is 163 Å². The van der Waals surface area contributed by atoms with Gasteiger partial charge in [-0.2, -0.15) is 0 Å². The Kier molecular flexibility index (Phi) is 5.55. The summed E-state index contributed by atoms with van der Waals surface area (Å²) in [4.78, 5) is 11.3. The van der Waals surface area contributed by atoms with E-state index in [0.29, 0.717) is 22.8 Å². The molecule has 3 aromatic rings. The molecule has 3 N–H and O–H groups in total. The van der Waals surface area contributed by atoms with E-state index in [-0.39, 0.29) is 16.6 Å². The van der Waals surface area contributed by atoms with Crippen LogP contribution in [-0.2, 0) is 14.8 Å². The Balaban J connectivity index is 1.72. The molecule has 1 aromatic heterocycles. The molecule has 2 aromatic carbocycles. The second-order valence-corrected chi connectivity index (χ2v) is 7.71. The molecule has 0 aliphatic heterocycles. The Bertz CT molecular complexity index is 1100. The summed E-state index contributed by atoms with van der Waals surface area (Å²) in [6.07, 6.45) is 0. The van der Waals surface area contributed by atoms with E-state index in [2.05, 4.69) is 25.6 Å². The number of aromatic nitrogens is 2. The quantitative estimate of drug-likeness (QED) is 0.588. The second kappa shape index (κ2) is 8.05. The highest BCUT2D eigenvalue weighted by molar-refractivity contribution is 7.92. The minimum absolute atomic E-state index is 0.112. The Morgan fingerprint density at radius 2 is 1.57 bits per heavy atom. The molecule has 0 atom stereocenters. The third kappa shape index (κ3) is 4.83. The number of rotatable bonds is 6. The van der Waals surface area contributed by atoms with Gasteiger partial charge in [0.2, 0.25) is 5.91 Å². The molecule has 28 heavy (non-hydrogen) atoms. The molecule has 0 bridgehead atoms. The molecule has 144 valence electrons. The van der Waals surface area contributed by atoms with Crippen LogP contribution in [0.4, 0.5) is 23.0 Å². The van der Waals surface area contributed by atoms with Crippen LogP contribution in [-0.4, -0.2) is 24.5 Å². The molecule has 8 nitrogen and oxygen atoms in total. The van der Waals surface area contributed by atoms with Crippen molar-refractivity contribution in [2.24, 2.45) is 0 Å². The van der Waals surface area contributed by atoms with Gasteiger partial charge in [-0.05, 0) is 48.9 Å². The highest BCUT2D eigenvalue weighted by atomic mass is 32.2. The summed E-state index contributed by atoms with van der Waals surface area (Å²) >= 11 is 0. The lowest BCUT2D eigenvalue weighted by Crippen LogP contribution is -2.15. The van der Waals surface area contributed by atoms with Gasteiger partial charge >= 0.3 is 0 Å². The number of carbonyl (C=O) groups is 1. The average Bonchev–Trinajstić information content (AvgIpc) is 2.63. The van der Waals surface area contributed by atoms with Crippen LogP contribution < -0.4 is 15.4 Å². The number of hydrogen-bond acceptors (Lipinski definition) is 6. The average molecular weight is 397 g/mol. The smallest absolute Gasteiger partial charge is 0.263 e. The number of carbonyl (C=O) groups excluding carboxylic acids is 1. The van der Waals surface area contributed by atoms with Gasteiger partial charge in [-0.1, -0.05) is 24.3 Å². The molecule has 0 spiro atoms. The van der Waals surface area contributed by atoms with Gasteiger partial charge in [0.15, 0.2) is 11.6 Å². The summed E-state index contributed by atoms with van der Waals surface area (Å²) in [5.41, 5.74) is 1.99. The molecule has 0 aliphatic carbocycles. The summed E-state index contributed by atoms with van der Waals surface area (Å²) in [5.74, 6) is 0.377. The zero-order valence-electron chi connectivity index (χ0n) is 15.3. The summed E-state index contributed by atoms with van der Waals surface area (Å²) in [6, 6.07) is 16.9. The van der Waals surface area contributed by atoms with Crippen molar-refractivity contribution in [2.75, 3.05) is 15.4 Å². The van der Waals surface area contributed by atoms with Crippen molar-refractivity contribution in [1.82, 2.24) is 10.2 Å². The molecular formula is C19H19N5O3S. The van der Waals surface area contributed by atoms with Crippen molar-refractivity contribution in [3.05, 3.63) is 66.2 Å². The third-order valence-corrected chi connectivity index (χ3v) is 5.26. The number of amides is 1. The summed E-state index contributed by atoms with van der Waals surface area (Å²) in [5, 5.41) is 13.6. The topological polar surface area (TPSA) is 113 Å². The van der Waals surface area contributed by atoms with Gasteiger partial charge in [0.25, 0.3) is 10.0 Å². The molecule has 3 rings (SSSR count). The van der Waals surface area contributed by atoms with Gasteiger partial charge in [-0.15, -0.1) is 10.2 Å². The first-order chi connectivity index (χ1) is 13.3. The number of aryl methyl sites for hydroxylation is 1. The van der Waals surface area contributed by atoms with E-state index in [1.54, 1.807) is 49.4 Å². The number of nitrogens with zero attached hydrogens (tertiary/aromatic N) is 2. The minimum atomic E-state index is -3.75.